The largest absolute Gasteiger partial charge is 0.435 e. The van der Waals surface area contributed by atoms with E-state index in [0.717, 1.165) is 16.8 Å². The Labute approximate surface area is 147 Å². The number of nitrogens with one attached hydrogen (secondary N) is 1. The number of allylic oxidation sites excluding steroid dienone is 2. The van der Waals surface area contributed by atoms with E-state index in [1.807, 2.05) is 0 Å². The maximum absolute atomic E-state index is 13.5. The van der Waals surface area contributed by atoms with Gasteiger partial charge < -0.3 is 5.32 Å². The van der Waals surface area contributed by atoms with Crippen LogP contribution in [0.25, 0.3) is 11.3 Å². The summed E-state index contributed by atoms with van der Waals surface area (Å²) in [6, 6.07) is 7.28. The standard InChI is InChI=1S/C18H16F5N3/c1-4-15(20)14(11(2)19)10-24-13-7-5-12(6-8-13)16-9-17(18(21,22)23)25-26(16)3/h4-9,24H,1-2,10H2,3H3/b15-14+. The Morgan fingerprint density at radius 1 is 1.23 bits per heavy atom. The van der Waals surface area contributed by atoms with Crippen LogP contribution in [0.5, 0.6) is 0 Å². The fourth-order valence-electron chi connectivity index (χ4n) is 2.26. The Hall–Kier alpha value is -2.90. The van der Waals surface area contributed by atoms with Gasteiger partial charge in [-0.25, -0.2) is 8.78 Å². The van der Waals surface area contributed by atoms with Crippen LogP contribution in [0.4, 0.5) is 27.6 Å². The highest BCUT2D eigenvalue weighted by atomic mass is 19.4. The van der Waals surface area contributed by atoms with E-state index in [9.17, 15) is 22.0 Å². The number of hydrogen-bond acceptors (Lipinski definition) is 2. The Kier molecular flexibility index (Phi) is 5.64. The van der Waals surface area contributed by atoms with Crippen molar-refractivity contribution in [3.8, 4) is 11.3 Å². The highest BCUT2D eigenvalue weighted by Crippen LogP contribution is 2.31. The molecular formula is C18H16F5N3. The van der Waals surface area contributed by atoms with Gasteiger partial charge in [0.25, 0.3) is 0 Å². The predicted molar refractivity (Wildman–Crippen MR) is 90.7 cm³/mol. The second-order valence-corrected chi connectivity index (χ2v) is 5.40. The number of nitrogens with zero attached hydrogens (tertiary/aromatic N) is 2. The van der Waals surface area contributed by atoms with E-state index < -0.39 is 23.5 Å². The first-order valence-corrected chi connectivity index (χ1v) is 7.45. The Balaban J connectivity index is 2.18. The molecule has 2 aromatic rings. The monoisotopic (exact) mass is 369 g/mol. The molecular weight excluding hydrogens is 353 g/mol. The topological polar surface area (TPSA) is 29.9 Å². The number of hydrogen-bond donors (Lipinski definition) is 1. The average Bonchev–Trinajstić information content (AvgIpc) is 2.97. The lowest BCUT2D eigenvalue weighted by Gasteiger charge is -2.10. The van der Waals surface area contributed by atoms with Crippen molar-refractivity contribution >= 4 is 5.69 Å². The normalized spacial score (nSPS) is 12.5. The summed E-state index contributed by atoms with van der Waals surface area (Å²) in [5.41, 5.74) is 0.102. The molecule has 0 atom stereocenters. The highest BCUT2D eigenvalue weighted by molar-refractivity contribution is 5.63. The van der Waals surface area contributed by atoms with Crippen molar-refractivity contribution in [1.82, 2.24) is 9.78 Å². The van der Waals surface area contributed by atoms with Crippen molar-refractivity contribution < 1.29 is 22.0 Å². The van der Waals surface area contributed by atoms with Crippen LogP contribution in [0.3, 0.4) is 0 Å². The van der Waals surface area contributed by atoms with Gasteiger partial charge in [0.15, 0.2) is 5.69 Å². The van der Waals surface area contributed by atoms with Crippen molar-refractivity contribution in [2.24, 2.45) is 7.05 Å². The third-order valence-electron chi connectivity index (χ3n) is 3.62. The fraction of sp³-hybridized carbons (Fsp3) is 0.167. The van der Waals surface area contributed by atoms with E-state index in [4.69, 9.17) is 0 Å². The minimum Gasteiger partial charge on any atom is -0.381 e. The molecule has 1 aromatic carbocycles. The number of halogens is 5. The number of benzene rings is 1. The second kappa shape index (κ2) is 7.55. The maximum atomic E-state index is 13.5. The zero-order valence-corrected chi connectivity index (χ0v) is 13.9. The van der Waals surface area contributed by atoms with Crippen LogP contribution in [-0.2, 0) is 13.2 Å². The van der Waals surface area contributed by atoms with Gasteiger partial charge in [-0.15, -0.1) is 0 Å². The van der Waals surface area contributed by atoms with E-state index >= 15 is 0 Å². The number of rotatable bonds is 6. The molecule has 0 bridgehead atoms. The molecule has 1 aromatic heterocycles. The summed E-state index contributed by atoms with van der Waals surface area (Å²) in [6.45, 7) is 6.15. The summed E-state index contributed by atoms with van der Waals surface area (Å²) >= 11 is 0. The molecule has 0 saturated heterocycles. The number of aromatic nitrogens is 2. The van der Waals surface area contributed by atoms with Gasteiger partial charge in [-0.3, -0.25) is 4.68 Å². The zero-order valence-electron chi connectivity index (χ0n) is 13.9. The van der Waals surface area contributed by atoms with Crippen LogP contribution in [0.15, 0.2) is 66.8 Å². The zero-order chi connectivity index (χ0) is 19.5. The molecule has 0 radical (unpaired) electrons. The minimum absolute atomic E-state index is 0.156. The van der Waals surface area contributed by atoms with Gasteiger partial charge in [0.2, 0.25) is 0 Å². The lowest BCUT2D eigenvalue weighted by Crippen LogP contribution is -2.06. The summed E-state index contributed by atoms with van der Waals surface area (Å²) in [4.78, 5) is 0. The van der Waals surface area contributed by atoms with Gasteiger partial charge >= 0.3 is 6.18 Å². The minimum atomic E-state index is -4.52. The van der Waals surface area contributed by atoms with Gasteiger partial charge in [-0.2, -0.15) is 18.3 Å². The van der Waals surface area contributed by atoms with Crippen molar-refractivity contribution in [3.63, 3.8) is 0 Å². The third kappa shape index (κ3) is 4.38. The molecule has 0 amide bonds. The molecule has 3 nitrogen and oxygen atoms in total. The first-order valence-electron chi connectivity index (χ1n) is 7.45. The fourth-order valence-corrected chi connectivity index (χ4v) is 2.26. The van der Waals surface area contributed by atoms with Gasteiger partial charge in [0.1, 0.15) is 11.7 Å². The Bertz CT molecular complexity index is 845. The molecule has 1 N–H and O–H groups in total. The molecule has 0 fully saturated rings. The summed E-state index contributed by atoms with van der Waals surface area (Å²) in [5.74, 6) is -1.74. The van der Waals surface area contributed by atoms with E-state index in [1.54, 1.807) is 24.3 Å². The number of anilines is 1. The molecule has 0 aliphatic carbocycles. The van der Waals surface area contributed by atoms with E-state index in [0.29, 0.717) is 16.9 Å². The smallest absolute Gasteiger partial charge is 0.381 e. The summed E-state index contributed by atoms with van der Waals surface area (Å²) in [5, 5.41) is 6.27. The number of alkyl halides is 3. The van der Waals surface area contributed by atoms with E-state index in [2.05, 4.69) is 23.6 Å². The van der Waals surface area contributed by atoms with Crippen LogP contribution in [0.1, 0.15) is 5.69 Å². The van der Waals surface area contributed by atoms with Gasteiger partial charge in [-0.05, 0) is 29.8 Å². The van der Waals surface area contributed by atoms with E-state index in [1.165, 1.54) is 7.05 Å². The lowest BCUT2D eigenvalue weighted by atomic mass is 10.1. The van der Waals surface area contributed by atoms with Gasteiger partial charge in [0, 0.05) is 24.9 Å². The van der Waals surface area contributed by atoms with Gasteiger partial charge in [-0.1, -0.05) is 25.3 Å². The van der Waals surface area contributed by atoms with Gasteiger partial charge in [0.05, 0.1) is 5.69 Å². The molecule has 2 rings (SSSR count). The summed E-state index contributed by atoms with van der Waals surface area (Å²) in [7, 11) is 1.42. The molecule has 0 aliphatic heterocycles. The van der Waals surface area contributed by atoms with Crippen molar-refractivity contribution in [2.75, 3.05) is 11.9 Å². The number of aryl methyl sites for hydroxylation is 1. The van der Waals surface area contributed by atoms with Crippen molar-refractivity contribution in [1.29, 1.82) is 0 Å². The molecule has 0 saturated carbocycles. The average molecular weight is 369 g/mol. The third-order valence-corrected chi connectivity index (χ3v) is 3.62. The van der Waals surface area contributed by atoms with Crippen LogP contribution in [0.2, 0.25) is 0 Å². The van der Waals surface area contributed by atoms with Crippen LogP contribution < -0.4 is 5.32 Å². The maximum Gasteiger partial charge on any atom is 0.435 e. The lowest BCUT2D eigenvalue weighted by molar-refractivity contribution is -0.141. The summed E-state index contributed by atoms with van der Waals surface area (Å²) in [6.07, 6.45) is -3.64. The van der Waals surface area contributed by atoms with Crippen molar-refractivity contribution in [3.05, 3.63) is 72.5 Å². The molecule has 0 aliphatic rings. The first kappa shape index (κ1) is 19.4. The molecule has 8 heteroatoms. The molecule has 0 unspecified atom stereocenters. The highest BCUT2D eigenvalue weighted by Gasteiger charge is 2.34. The molecule has 26 heavy (non-hydrogen) atoms. The molecule has 1 heterocycles. The predicted octanol–water partition coefficient (Wildman–Crippen LogP) is 5.41. The van der Waals surface area contributed by atoms with Crippen LogP contribution in [0, 0.1) is 0 Å². The van der Waals surface area contributed by atoms with Crippen LogP contribution >= 0.6 is 0 Å². The Morgan fingerprint density at radius 2 is 1.85 bits per heavy atom. The quantitative estimate of drug-likeness (QED) is 0.545. The Morgan fingerprint density at radius 3 is 2.31 bits per heavy atom. The SMILES string of the molecule is C=C/C(F)=C(/CNc1ccc(-c2cc(C(F)(F)F)nn2C)cc1)C(=C)F. The summed E-state index contributed by atoms with van der Waals surface area (Å²) < 4.78 is 66.1. The van der Waals surface area contributed by atoms with Crippen LogP contribution in [-0.4, -0.2) is 16.3 Å². The second-order valence-electron chi connectivity index (χ2n) is 5.40. The molecule has 138 valence electrons. The first-order chi connectivity index (χ1) is 12.1. The molecule has 0 spiro atoms. The van der Waals surface area contributed by atoms with Crippen molar-refractivity contribution in [2.45, 2.75) is 6.18 Å². The van der Waals surface area contributed by atoms with E-state index in [-0.39, 0.29) is 12.1 Å².